The maximum atomic E-state index is 11.2. The molecule has 0 spiro atoms. The van der Waals surface area contributed by atoms with Crippen LogP contribution in [-0.4, -0.2) is 11.1 Å². The number of rotatable bonds is 2. The van der Waals surface area contributed by atoms with Crippen molar-refractivity contribution >= 4 is 17.6 Å². The van der Waals surface area contributed by atoms with Gasteiger partial charge >= 0.3 is 5.97 Å². The highest BCUT2D eigenvalue weighted by Crippen LogP contribution is 2.44. The van der Waals surface area contributed by atoms with E-state index in [0.29, 0.717) is 5.56 Å². The smallest absolute Gasteiger partial charge is 0.335 e. The summed E-state index contributed by atoms with van der Waals surface area (Å²) >= 11 is 0. The summed E-state index contributed by atoms with van der Waals surface area (Å²) in [6.45, 7) is 0. The van der Waals surface area contributed by atoms with Crippen LogP contribution in [0.5, 0.6) is 0 Å². The fraction of sp³-hybridized carbons (Fsp3) is 0. The van der Waals surface area contributed by atoms with Gasteiger partial charge < -0.3 is 5.11 Å². The largest absolute Gasteiger partial charge is 0.478 e. The molecule has 1 aliphatic rings. The molecule has 110 valence electrons. The number of carboxylic acids is 1. The van der Waals surface area contributed by atoms with E-state index in [0.717, 1.165) is 11.1 Å². The minimum Gasteiger partial charge on any atom is -0.478 e. The van der Waals surface area contributed by atoms with Gasteiger partial charge in [-0.1, -0.05) is 60.7 Å². The second-order valence-corrected chi connectivity index (χ2v) is 5.58. The normalized spacial score (nSPS) is 11.7. The van der Waals surface area contributed by atoms with E-state index in [4.69, 9.17) is 5.11 Å². The Hall–Kier alpha value is -3.13. The molecule has 0 heterocycles. The maximum Gasteiger partial charge on any atom is 0.335 e. The van der Waals surface area contributed by atoms with Crippen molar-refractivity contribution in [3.05, 3.63) is 95.1 Å². The monoisotopic (exact) mass is 298 g/mol. The van der Waals surface area contributed by atoms with Crippen molar-refractivity contribution in [2.45, 2.75) is 0 Å². The molecule has 4 rings (SSSR count). The zero-order valence-electron chi connectivity index (χ0n) is 12.4. The lowest BCUT2D eigenvalue weighted by molar-refractivity contribution is 0.0697. The van der Waals surface area contributed by atoms with Crippen LogP contribution in [0, 0.1) is 0 Å². The van der Waals surface area contributed by atoms with Gasteiger partial charge in [0, 0.05) is 0 Å². The summed E-state index contributed by atoms with van der Waals surface area (Å²) in [5.41, 5.74) is 7.17. The van der Waals surface area contributed by atoms with Crippen LogP contribution < -0.4 is 0 Å². The van der Waals surface area contributed by atoms with Crippen molar-refractivity contribution in [2.75, 3.05) is 0 Å². The summed E-state index contributed by atoms with van der Waals surface area (Å²) in [7, 11) is 0. The minimum absolute atomic E-state index is 0.305. The second kappa shape index (κ2) is 5.25. The molecule has 0 radical (unpaired) electrons. The van der Waals surface area contributed by atoms with Gasteiger partial charge in [0.15, 0.2) is 0 Å². The average molecular weight is 298 g/mol. The number of carbonyl (C=O) groups is 1. The second-order valence-electron chi connectivity index (χ2n) is 5.58. The highest BCUT2D eigenvalue weighted by Gasteiger charge is 2.22. The third-order valence-electron chi connectivity index (χ3n) is 4.17. The zero-order chi connectivity index (χ0) is 15.8. The van der Waals surface area contributed by atoms with Gasteiger partial charge in [0.05, 0.1) is 5.56 Å². The van der Waals surface area contributed by atoms with Crippen LogP contribution in [0.3, 0.4) is 0 Å². The average Bonchev–Trinajstić information content (AvgIpc) is 2.90. The molecule has 2 nitrogen and oxygen atoms in total. The molecule has 3 aromatic carbocycles. The quantitative estimate of drug-likeness (QED) is 0.568. The summed E-state index contributed by atoms with van der Waals surface area (Å²) in [6.07, 6.45) is 2.07. The summed E-state index contributed by atoms with van der Waals surface area (Å²) < 4.78 is 0. The lowest BCUT2D eigenvalue weighted by Crippen LogP contribution is -1.95. The molecule has 0 saturated heterocycles. The molecule has 0 saturated carbocycles. The number of hydrogen-bond acceptors (Lipinski definition) is 1. The molecule has 0 unspecified atom stereocenters. The Morgan fingerprint density at radius 3 is 1.87 bits per heavy atom. The predicted molar refractivity (Wildman–Crippen MR) is 92.3 cm³/mol. The Bertz CT molecular complexity index is 904. The van der Waals surface area contributed by atoms with E-state index in [1.807, 2.05) is 30.3 Å². The summed E-state index contributed by atoms with van der Waals surface area (Å²) in [5.74, 6) is -0.905. The first kappa shape index (κ1) is 13.5. The van der Waals surface area contributed by atoms with Crippen LogP contribution in [-0.2, 0) is 0 Å². The molecule has 23 heavy (non-hydrogen) atoms. The molecule has 0 aliphatic heterocycles. The van der Waals surface area contributed by atoms with Gasteiger partial charge in [-0.3, -0.25) is 0 Å². The fourth-order valence-corrected chi connectivity index (χ4v) is 3.13. The third kappa shape index (κ3) is 2.25. The van der Waals surface area contributed by atoms with Crippen molar-refractivity contribution in [1.82, 2.24) is 0 Å². The van der Waals surface area contributed by atoms with Crippen LogP contribution in [0.2, 0.25) is 0 Å². The van der Waals surface area contributed by atoms with Crippen LogP contribution >= 0.6 is 0 Å². The van der Waals surface area contributed by atoms with Crippen LogP contribution in [0.1, 0.15) is 27.0 Å². The summed E-state index contributed by atoms with van der Waals surface area (Å²) in [5, 5.41) is 9.16. The SMILES string of the molecule is O=C(O)c1cccc(C=C2c3ccccc3-c3ccccc32)c1. The van der Waals surface area contributed by atoms with Gasteiger partial charge in [0.25, 0.3) is 0 Å². The first-order valence-corrected chi connectivity index (χ1v) is 7.48. The van der Waals surface area contributed by atoms with Crippen molar-refractivity contribution in [1.29, 1.82) is 0 Å². The first-order chi connectivity index (χ1) is 11.2. The predicted octanol–water partition coefficient (Wildman–Crippen LogP) is 4.95. The Balaban J connectivity index is 1.92. The van der Waals surface area contributed by atoms with Gasteiger partial charge in [0.1, 0.15) is 0 Å². The third-order valence-corrected chi connectivity index (χ3v) is 4.17. The van der Waals surface area contributed by atoms with E-state index in [1.165, 1.54) is 22.3 Å². The van der Waals surface area contributed by atoms with E-state index < -0.39 is 5.97 Å². The number of fused-ring (bicyclic) bond motifs is 3. The molecular weight excluding hydrogens is 284 g/mol. The molecule has 1 aliphatic carbocycles. The Morgan fingerprint density at radius 1 is 0.739 bits per heavy atom. The van der Waals surface area contributed by atoms with Gasteiger partial charge in [-0.15, -0.1) is 0 Å². The van der Waals surface area contributed by atoms with Crippen LogP contribution in [0.25, 0.3) is 22.8 Å². The van der Waals surface area contributed by atoms with Crippen LogP contribution in [0.4, 0.5) is 0 Å². The van der Waals surface area contributed by atoms with Crippen molar-refractivity contribution < 1.29 is 9.90 Å². The number of benzene rings is 3. The van der Waals surface area contributed by atoms with E-state index in [9.17, 15) is 4.79 Å². The molecule has 3 aromatic rings. The Labute approximate surface area is 134 Å². The van der Waals surface area contributed by atoms with Gasteiger partial charge in [0.2, 0.25) is 0 Å². The molecule has 0 atom stereocenters. The van der Waals surface area contributed by atoms with Crippen molar-refractivity contribution in [2.24, 2.45) is 0 Å². The van der Waals surface area contributed by atoms with E-state index in [1.54, 1.807) is 18.2 Å². The summed E-state index contributed by atoms with van der Waals surface area (Å²) in [6, 6.07) is 23.7. The maximum absolute atomic E-state index is 11.2. The molecule has 0 amide bonds. The molecule has 0 fully saturated rings. The first-order valence-electron chi connectivity index (χ1n) is 7.48. The fourth-order valence-electron chi connectivity index (χ4n) is 3.13. The summed E-state index contributed by atoms with van der Waals surface area (Å²) in [4.78, 5) is 11.2. The molecule has 0 bridgehead atoms. The standard InChI is InChI=1S/C21H14O2/c22-21(23)15-7-5-6-14(12-15)13-20-18-10-3-1-8-16(18)17-9-2-4-11-19(17)20/h1-13H,(H,22,23). The Morgan fingerprint density at radius 2 is 1.30 bits per heavy atom. The lowest BCUT2D eigenvalue weighted by Gasteiger charge is -2.04. The van der Waals surface area contributed by atoms with E-state index in [-0.39, 0.29) is 0 Å². The number of hydrogen-bond donors (Lipinski definition) is 1. The topological polar surface area (TPSA) is 37.3 Å². The van der Waals surface area contributed by atoms with Gasteiger partial charge in [-0.25, -0.2) is 4.79 Å². The van der Waals surface area contributed by atoms with Gasteiger partial charge in [-0.05, 0) is 51.6 Å². The van der Waals surface area contributed by atoms with E-state index >= 15 is 0 Å². The number of carboxylic acid groups (broad SMARTS) is 1. The van der Waals surface area contributed by atoms with Crippen molar-refractivity contribution in [3.63, 3.8) is 0 Å². The van der Waals surface area contributed by atoms with E-state index in [2.05, 4.69) is 30.3 Å². The van der Waals surface area contributed by atoms with Crippen molar-refractivity contribution in [3.8, 4) is 11.1 Å². The molecule has 2 heteroatoms. The number of aromatic carboxylic acids is 1. The molecular formula is C21H14O2. The highest BCUT2D eigenvalue weighted by atomic mass is 16.4. The van der Waals surface area contributed by atoms with Gasteiger partial charge in [-0.2, -0.15) is 0 Å². The van der Waals surface area contributed by atoms with Crippen LogP contribution in [0.15, 0.2) is 72.8 Å². The Kier molecular flexibility index (Phi) is 3.09. The zero-order valence-corrected chi connectivity index (χ0v) is 12.4. The minimum atomic E-state index is -0.905. The molecule has 1 N–H and O–H groups in total. The molecule has 0 aromatic heterocycles. The highest BCUT2D eigenvalue weighted by molar-refractivity contribution is 6.06. The lowest BCUT2D eigenvalue weighted by atomic mass is 10.0.